The van der Waals surface area contributed by atoms with E-state index < -0.39 is 42.2 Å². The van der Waals surface area contributed by atoms with E-state index in [9.17, 15) is 24.0 Å². The normalized spacial score (nSPS) is 15.7. The number of ether oxygens (including phenoxy) is 1. The molecule has 1 aliphatic heterocycles. The molecule has 10 heteroatoms. The quantitative estimate of drug-likeness (QED) is 0.522. The molecule has 3 N–H and O–H groups in total. The van der Waals surface area contributed by atoms with Gasteiger partial charge in [0.25, 0.3) is 0 Å². The minimum absolute atomic E-state index is 0.0182. The number of hydrogen-bond donors (Lipinski definition) is 3. The number of benzene rings is 2. The van der Waals surface area contributed by atoms with E-state index in [4.69, 9.17) is 9.84 Å². The maximum atomic E-state index is 12.9. The largest absolute Gasteiger partial charge is 0.481 e. The van der Waals surface area contributed by atoms with Gasteiger partial charge in [-0.3, -0.25) is 24.5 Å². The Morgan fingerprint density at radius 2 is 1.56 bits per heavy atom. The summed E-state index contributed by atoms with van der Waals surface area (Å²) in [5.41, 5.74) is 4.17. The number of imide groups is 1. The standard InChI is InChI=1S/C24H23N3O7/c28-20-11-27(12-21(29)26-20)23(32)19(9-10-22(30)31)25-24(33)34-13-18-16-7-3-1-5-14(16)15-6-2-4-8-17(15)18/h1-8,18-19H,9-13H2,(H,25,33)(H,30,31)(H,26,28,29). The molecule has 1 heterocycles. The van der Waals surface area contributed by atoms with Gasteiger partial charge in [-0.2, -0.15) is 0 Å². The fraction of sp³-hybridized carbons (Fsp3) is 0.292. The highest BCUT2D eigenvalue weighted by Crippen LogP contribution is 2.44. The summed E-state index contributed by atoms with van der Waals surface area (Å²) in [6.45, 7) is -0.703. The number of nitrogens with one attached hydrogen (secondary N) is 2. The number of aliphatic carboxylic acids is 1. The molecule has 0 radical (unpaired) electrons. The minimum Gasteiger partial charge on any atom is -0.481 e. The number of carbonyl (C=O) groups is 5. The molecule has 1 unspecified atom stereocenters. The topological polar surface area (TPSA) is 142 Å². The summed E-state index contributed by atoms with van der Waals surface area (Å²) >= 11 is 0. The molecule has 34 heavy (non-hydrogen) atoms. The maximum Gasteiger partial charge on any atom is 0.407 e. The van der Waals surface area contributed by atoms with Crippen LogP contribution in [0.4, 0.5) is 4.79 Å². The fourth-order valence-electron chi connectivity index (χ4n) is 4.32. The number of carboxylic acids is 1. The molecule has 2 aromatic carbocycles. The fourth-order valence-corrected chi connectivity index (χ4v) is 4.32. The van der Waals surface area contributed by atoms with Gasteiger partial charge in [0.1, 0.15) is 25.7 Å². The second-order valence-electron chi connectivity index (χ2n) is 8.12. The van der Waals surface area contributed by atoms with Crippen LogP contribution >= 0.6 is 0 Å². The second kappa shape index (κ2) is 9.74. The van der Waals surface area contributed by atoms with Crippen molar-refractivity contribution in [2.45, 2.75) is 24.8 Å². The van der Waals surface area contributed by atoms with Gasteiger partial charge in [-0.25, -0.2) is 4.79 Å². The number of alkyl carbamates (subject to hydrolysis) is 1. The Morgan fingerprint density at radius 1 is 1.00 bits per heavy atom. The van der Waals surface area contributed by atoms with Crippen LogP contribution in [-0.2, 0) is 23.9 Å². The summed E-state index contributed by atoms with van der Waals surface area (Å²) in [7, 11) is 0. The van der Waals surface area contributed by atoms with Crippen molar-refractivity contribution in [2.75, 3.05) is 19.7 Å². The number of rotatable bonds is 7. The van der Waals surface area contributed by atoms with Crippen LogP contribution in [0.5, 0.6) is 0 Å². The SMILES string of the molecule is O=C(O)CCC(NC(=O)OCC1c2ccccc2-c2ccccc21)C(=O)N1CC(=O)NC(=O)C1. The molecule has 176 valence electrons. The van der Waals surface area contributed by atoms with Crippen molar-refractivity contribution in [3.05, 3.63) is 59.7 Å². The van der Waals surface area contributed by atoms with E-state index in [-0.39, 0.29) is 32.0 Å². The third kappa shape index (κ3) is 4.90. The molecule has 4 amide bonds. The van der Waals surface area contributed by atoms with Crippen molar-refractivity contribution in [1.29, 1.82) is 0 Å². The molecule has 4 rings (SSSR count). The van der Waals surface area contributed by atoms with E-state index in [0.717, 1.165) is 27.2 Å². The molecular weight excluding hydrogens is 442 g/mol. The molecule has 2 aromatic rings. The number of fused-ring (bicyclic) bond motifs is 3. The maximum absolute atomic E-state index is 12.9. The van der Waals surface area contributed by atoms with Gasteiger partial charge in [0.15, 0.2) is 0 Å². The number of hydrogen-bond acceptors (Lipinski definition) is 6. The third-order valence-electron chi connectivity index (χ3n) is 5.84. The highest BCUT2D eigenvalue weighted by atomic mass is 16.5. The van der Waals surface area contributed by atoms with Gasteiger partial charge in [-0.1, -0.05) is 48.5 Å². The van der Waals surface area contributed by atoms with Gasteiger partial charge in [0.05, 0.1) is 0 Å². The molecule has 0 bridgehead atoms. The van der Waals surface area contributed by atoms with Crippen molar-refractivity contribution in [1.82, 2.24) is 15.5 Å². The Morgan fingerprint density at radius 3 is 2.12 bits per heavy atom. The first-order valence-corrected chi connectivity index (χ1v) is 10.8. The van der Waals surface area contributed by atoms with E-state index in [2.05, 4.69) is 10.6 Å². The van der Waals surface area contributed by atoms with Crippen LogP contribution in [0.3, 0.4) is 0 Å². The molecule has 1 atom stereocenters. The third-order valence-corrected chi connectivity index (χ3v) is 5.84. The Balaban J connectivity index is 1.44. The lowest BCUT2D eigenvalue weighted by Crippen LogP contribution is -2.58. The average molecular weight is 465 g/mol. The van der Waals surface area contributed by atoms with Gasteiger partial charge in [-0.05, 0) is 28.7 Å². The van der Waals surface area contributed by atoms with E-state index in [1.807, 2.05) is 48.5 Å². The molecule has 1 aliphatic carbocycles. The highest BCUT2D eigenvalue weighted by molar-refractivity contribution is 6.03. The summed E-state index contributed by atoms with van der Waals surface area (Å²) in [5.74, 6) is -3.36. The number of nitrogens with zero attached hydrogens (tertiary/aromatic N) is 1. The lowest BCUT2D eigenvalue weighted by atomic mass is 9.98. The van der Waals surface area contributed by atoms with Gasteiger partial charge < -0.3 is 20.1 Å². The van der Waals surface area contributed by atoms with E-state index in [1.54, 1.807) is 0 Å². The Bertz CT molecular complexity index is 1100. The van der Waals surface area contributed by atoms with Crippen LogP contribution in [-0.4, -0.2) is 65.5 Å². The zero-order chi connectivity index (χ0) is 24.2. The van der Waals surface area contributed by atoms with Crippen molar-refractivity contribution in [2.24, 2.45) is 0 Å². The number of carboxylic acid groups (broad SMARTS) is 1. The second-order valence-corrected chi connectivity index (χ2v) is 8.12. The summed E-state index contributed by atoms with van der Waals surface area (Å²) in [4.78, 5) is 60.7. The van der Waals surface area contributed by atoms with Crippen molar-refractivity contribution >= 4 is 29.8 Å². The molecule has 0 aromatic heterocycles. The Labute approximate surface area is 194 Å². The van der Waals surface area contributed by atoms with E-state index in [1.165, 1.54) is 0 Å². The summed E-state index contributed by atoms with van der Waals surface area (Å²) in [6, 6.07) is 14.4. The predicted molar refractivity (Wildman–Crippen MR) is 119 cm³/mol. The first-order valence-electron chi connectivity index (χ1n) is 10.8. The van der Waals surface area contributed by atoms with Crippen LogP contribution < -0.4 is 10.6 Å². The highest BCUT2D eigenvalue weighted by Gasteiger charge is 2.33. The molecule has 2 aliphatic rings. The lowest BCUT2D eigenvalue weighted by molar-refractivity contribution is -0.147. The van der Waals surface area contributed by atoms with Crippen LogP contribution in [0.15, 0.2) is 48.5 Å². The predicted octanol–water partition coefficient (Wildman–Crippen LogP) is 1.24. The van der Waals surface area contributed by atoms with Crippen LogP contribution in [0.1, 0.15) is 29.9 Å². The smallest absolute Gasteiger partial charge is 0.407 e. The molecule has 1 fully saturated rings. The van der Waals surface area contributed by atoms with Gasteiger partial charge in [0.2, 0.25) is 17.7 Å². The summed E-state index contributed by atoms with van der Waals surface area (Å²) < 4.78 is 5.44. The number of carbonyl (C=O) groups excluding carboxylic acids is 4. The van der Waals surface area contributed by atoms with Crippen molar-refractivity contribution < 1.29 is 33.8 Å². The van der Waals surface area contributed by atoms with E-state index >= 15 is 0 Å². The molecule has 10 nitrogen and oxygen atoms in total. The van der Waals surface area contributed by atoms with Crippen LogP contribution in [0.2, 0.25) is 0 Å². The Kier molecular flexibility index (Phi) is 6.58. The number of piperazine rings is 1. The summed E-state index contributed by atoms with van der Waals surface area (Å²) in [5, 5.41) is 13.5. The minimum atomic E-state index is -1.26. The molecule has 0 saturated carbocycles. The molecule has 1 saturated heterocycles. The van der Waals surface area contributed by atoms with Crippen LogP contribution in [0.25, 0.3) is 11.1 Å². The average Bonchev–Trinajstić information content (AvgIpc) is 3.13. The van der Waals surface area contributed by atoms with Crippen molar-refractivity contribution in [3.8, 4) is 11.1 Å². The monoisotopic (exact) mass is 465 g/mol. The zero-order valence-corrected chi connectivity index (χ0v) is 18.2. The van der Waals surface area contributed by atoms with Gasteiger partial charge in [0, 0.05) is 12.3 Å². The first kappa shape index (κ1) is 23.0. The van der Waals surface area contributed by atoms with Crippen LogP contribution in [0, 0.1) is 0 Å². The number of amides is 4. The summed E-state index contributed by atoms with van der Waals surface area (Å²) in [6.07, 6.45) is -1.50. The first-order chi connectivity index (χ1) is 16.3. The van der Waals surface area contributed by atoms with Gasteiger partial charge >= 0.3 is 12.1 Å². The molecular formula is C24H23N3O7. The lowest BCUT2D eigenvalue weighted by Gasteiger charge is -2.29. The van der Waals surface area contributed by atoms with Crippen molar-refractivity contribution in [3.63, 3.8) is 0 Å². The molecule has 0 spiro atoms. The zero-order valence-electron chi connectivity index (χ0n) is 18.2. The Hall–Kier alpha value is -4.21. The van der Waals surface area contributed by atoms with Gasteiger partial charge in [-0.15, -0.1) is 0 Å². The van der Waals surface area contributed by atoms with E-state index in [0.29, 0.717) is 0 Å².